The summed E-state index contributed by atoms with van der Waals surface area (Å²) in [5.74, 6) is 0.754. The van der Waals surface area contributed by atoms with E-state index in [-0.39, 0.29) is 0 Å². The van der Waals surface area contributed by atoms with Crippen molar-refractivity contribution in [1.29, 1.82) is 0 Å². The van der Waals surface area contributed by atoms with E-state index in [4.69, 9.17) is 5.73 Å². The maximum Gasteiger partial charge on any atom is 0.0382 e. The van der Waals surface area contributed by atoms with E-state index in [1.54, 1.807) is 0 Å². The van der Waals surface area contributed by atoms with Crippen LogP contribution in [0.15, 0.2) is 66.6 Å². The topological polar surface area (TPSA) is 38.0 Å². The fraction of sp³-hybridized carbons (Fsp3) is 0.481. The van der Waals surface area contributed by atoms with Gasteiger partial charge in [0.15, 0.2) is 0 Å². The molecule has 0 spiro atoms. The van der Waals surface area contributed by atoms with Crippen molar-refractivity contribution in [1.82, 2.24) is 0 Å². The Labute approximate surface area is 181 Å². The highest BCUT2D eigenvalue weighted by atomic mass is 14.8. The lowest BCUT2D eigenvalue weighted by molar-refractivity contribution is 0.586. The van der Waals surface area contributed by atoms with Gasteiger partial charge in [-0.1, -0.05) is 64.1 Å². The Morgan fingerprint density at radius 2 is 1.83 bits per heavy atom. The monoisotopic (exact) mass is 398 g/mol. The van der Waals surface area contributed by atoms with Crippen LogP contribution < -0.4 is 11.1 Å². The molecule has 0 amide bonds. The molecule has 0 bridgehead atoms. The summed E-state index contributed by atoms with van der Waals surface area (Å²) in [4.78, 5) is 0. The molecule has 0 aromatic heterocycles. The minimum absolute atomic E-state index is 0.754. The minimum atomic E-state index is 0.754. The molecule has 2 nitrogen and oxygen atoms in total. The standard InChI is InChI=1S/C17H25N.C5H11N.C5H10/c1-13(2)6-8-16-12-17(9-7-15(16)5)18-11-10-14(3)4;1-3-4-5(2)6;1-3-5-4-2/h7,9-13,18H,3,6,8H2,1-2,4-5H3;4H,3,6H2,1-2H3;3,5H,4H2,1-2H3/b11-10+;5-4-;5-3+. The SMILES string of the molecule is C/C=C/CC.C=C(C)/C=C/Nc1ccc(C)c(CCC(C)C)c1.CC/C=C(/C)N. The normalized spacial score (nSPS) is 11.1. The van der Waals surface area contributed by atoms with Gasteiger partial charge in [0.1, 0.15) is 0 Å². The quantitative estimate of drug-likeness (QED) is 0.341. The van der Waals surface area contributed by atoms with Gasteiger partial charge in [0.2, 0.25) is 0 Å². The average molecular weight is 399 g/mol. The van der Waals surface area contributed by atoms with Gasteiger partial charge in [0.05, 0.1) is 0 Å². The number of benzene rings is 1. The van der Waals surface area contributed by atoms with Crippen LogP contribution in [0.25, 0.3) is 0 Å². The van der Waals surface area contributed by atoms with E-state index in [0.717, 1.165) is 42.1 Å². The van der Waals surface area contributed by atoms with E-state index >= 15 is 0 Å². The van der Waals surface area contributed by atoms with Crippen molar-refractivity contribution < 1.29 is 0 Å². The average Bonchev–Trinajstić information content (AvgIpc) is 2.63. The lowest BCUT2D eigenvalue weighted by Crippen LogP contribution is -1.96. The van der Waals surface area contributed by atoms with Crippen molar-refractivity contribution in [2.24, 2.45) is 11.7 Å². The second-order valence-electron chi connectivity index (χ2n) is 7.73. The number of hydrogen-bond donors (Lipinski definition) is 2. The Kier molecular flexibility index (Phi) is 19.1. The van der Waals surface area contributed by atoms with Crippen molar-refractivity contribution in [3.8, 4) is 0 Å². The predicted octanol–water partition coefficient (Wildman–Crippen LogP) is 8.32. The summed E-state index contributed by atoms with van der Waals surface area (Å²) >= 11 is 0. The summed E-state index contributed by atoms with van der Waals surface area (Å²) in [6.45, 7) is 20.7. The van der Waals surface area contributed by atoms with Crippen LogP contribution in [0.1, 0.15) is 78.9 Å². The van der Waals surface area contributed by atoms with Crippen LogP contribution in [0, 0.1) is 12.8 Å². The predicted molar refractivity (Wildman–Crippen MR) is 135 cm³/mol. The third kappa shape index (κ3) is 20.3. The number of allylic oxidation sites excluding steroid dienone is 6. The highest BCUT2D eigenvalue weighted by molar-refractivity contribution is 5.50. The first-order valence-electron chi connectivity index (χ1n) is 10.9. The van der Waals surface area contributed by atoms with Gasteiger partial charge in [-0.2, -0.15) is 0 Å². The number of rotatable bonds is 8. The van der Waals surface area contributed by atoms with E-state index in [9.17, 15) is 0 Å². The summed E-state index contributed by atoms with van der Waals surface area (Å²) in [5, 5.41) is 3.29. The number of anilines is 1. The van der Waals surface area contributed by atoms with Gasteiger partial charge in [-0.05, 0) is 88.6 Å². The van der Waals surface area contributed by atoms with Crippen LogP contribution in [0.5, 0.6) is 0 Å². The number of nitrogens with one attached hydrogen (secondary N) is 1. The van der Waals surface area contributed by atoms with Crippen LogP contribution in [0.3, 0.4) is 0 Å². The molecule has 3 N–H and O–H groups in total. The lowest BCUT2D eigenvalue weighted by atomic mass is 9.98. The number of nitrogens with two attached hydrogens (primary N) is 1. The van der Waals surface area contributed by atoms with Gasteiger partial charge in [-0.25, -0.2) is 0 Å². The number of hydrogen-bond acceptors (Lipinski definition) is 2. The van der Waals surface area contributed by atoms with Gasteiger partial charge in [0.25, 0.3) is 0 Å². The van der Waals surface area contributed by atoms with Gasteiger partial charge < -0.3 is 11.1 Å². The van der Waals surface area contributed by atoms with E-state index < -0.39 is 0 Å². The van der Waals surface area contributed by atoms with E-state index in [0.29, 0.717) is 0 Å². The summed E-state index contributed by atoms with van der Waals surface area (Å²) in [6.07, 6.45) is 14.7. The zero-order valence-electron chi connectivity index (χ0n) is 20.3. The molecular formula is C27H46N2. The van der Waals surface area contributed by atoms with Gasteiger partial charge >= 0.3 is 0 Å². The van der Waals surface area contributed by atoms with E-state index in [1.807, 2.05) is 39.1 Å². The maximum absolute atomic E-state index is 5.26. The van der Waals surface area contributed by atoms with Crippen LogP contribution in [0.2, 0.25) is 0 Å². The van der Waals surface area contributed by atoms with Crippen molar-refractivity contribution >= 4 is 5.69 Å². The van der Waals surface area contributed by atoms with Crippen molar-refractivity contribution in [3.05, 3.63) is 77.7 Å². The Balaban J connectivity index is 0. The molecule has 0 radical (unpaired) electrons. The summed E-state index contributed by atoms with van der Waals surface area (Å²) in [7, 11) is 0. The van der Waals surface area contributed by atoms with Crippen LogP contribution in [-0.4, -0.2) is 0 Å². The van der Waals surface area contributed by atoms with E-state index in [1.165, 1.54) is 17.5 Å². The Morgan fingerprint density at radius 3 is 2.21 bits per heavy atom. The first-order valence-corrected chi connectivity index (χ1v) is 10.9. The van der Waals surface area contributed by atoms with Gasteiger partial charge in [-0.3, -0.25) is 0 Å². The summed E-state index contributed by atoms with van der Waals surface area (Å²) in [6, 6.07) is 6.56. The van der Waals surface area contributed by atoms with Crippen LogP contribution in [0.4, 0.5) is 5.69 Å². The fourth-order valence-corrected chi connectivity index (χ4v) is 2.31. The van der Waals surface area contributed by atoms with Gasteiger partial charge in [-0.15, -0.1) is 0 Å². The lowest BCUT2D eigenvalue weighted by Gasteiger charge is -2.10. The zero-order valence-corrected chi connectivity index (χ0v) is 20.3. The molecule has 0 saturated carbocycles. The van der Waals surface area contributed by atoms with Crippen molar-refractivity contribution in [3.63, 3.8) is 0 Å². The molecule has 0 atom stereocenters. The first-order chi connectivity index (χ1) is 13.7. The van der Waals surface area contributed by atoms with Crippen LogP contribution in [-0.2, 0) is 6.42 Å². The van der Waals surface area contributed by atoms with Crippen LogP contribution >= 0.6 is 0 Å². The second kappa shape index (κ2) is 19.1. The third-order valence-corrected chi connectivity index (χ3v) is 3.96. The first kappa shape index (κ1) is 29.0. The Morgan fingerprint density at radius 1 is 1.17 bits per heavy atom. The molecule has 29 heavy (non-hydrogen) atoms. The summed E-state index contributed by atoms with van der Waals surface area (Å²) < 4.78 is 0. The number of aryl methyl sites for hydroxylation is 2. The molecule has 1 aromatic carbocycles. The molecule has 0 unspecified atom stereocenters. The molecule has 1 aromatic rings. The molecule has 0 aliphatic heterocycles. The third-order valence-electron chi connectivity index (χ3n) is 3.96. The zero-order chi connectivity index (χ0) is 22.7. The van der Waals surface area contributed by atoms with E-state index in [2.05, 4.69) is 76.9 Å². The Bertz CT molecular complexity index is 630. The molecule has 0 heterocycles. The second-order valence-corrected chi connectivity index (χ2v) is 7.73. The molecule has 0 saturated heterocycles. The van der Waals surface area contributed by atoms with Gasteiger partial charge in [0, 0.05) is 17.6 Å². The summed E-state index contributed by atoms with van der Waals surface area (Å²) in [5.41, 5.74) is 11.2. The van der Waals surface area contributed by atoms with Crippen molar-refractivity contribution in [2.45, 2.75) is 81.1 Å². The highest BCUT2D eigenvalue weighted by Crippen LogP contribution is 2.18. The molecule has 2 heteroatoms. The largest absolute Gasteiger partial charge is 0.403 e. The Hall–Kier alpha value is -2.22. The molecule has 0 aliphatic carbocycles. The molecule has 1 rings (SSSR count). The van der Waals surface area contributed by atoms with Crippen molar-refractivity contribution in [2.75, 3.05) is 5.32 Å². The smallest absolute Gasteiger partial charge is 0.0382 e. The maximum atomic E-state index is 5.26. The highest BCUT2D eigenvalue weighted by Gasteiger charge is 2.02. The molecule has 0 fully saturated rings. The molecule has 164 valence electrons. The molecule has 0 aliphatic rings. The molecular weight excluding hydrogens is 352 g/mol. The minimum Gasteiger partial charge on any atom is -0.403 e. The fourth-order valence-electron chi connectivity index (χ4n) is 2.31.